The van der Waals surface area contributed by atoms with E-state index in [0.717, 1.165) is 18.7 Å². The maximum Gasteiger partial charge on any atom is 0.412 e. The summed E-state index contributed by atoms with van der Waals surface area (Å²) < 4.78 is 10.6. The molecule has 0 bridgehead atoms. The van der Waals surface area contributed by atoms with E-state index in [2.05, 4.69) is 36.3 Å². The molecule has 174 valence electrons. The second-order valence-electron chi connectivity index (χ2n) is 8.85. The van der Waals surface area contributed by atoms with E-state index < -0.39 is 11.7 Å². The van der Waals surface area contributed by atoms with Crippen molar-refractivity contribution in [3.63, 3.8) is 0 Å². The number of carbonyl (C=O) groups is 2. The summed E-state index contributed by atoms with van der Waals surface area (Å²) in [6.45, 7) is 13.7. The molecular weight excluding hydrogens is 406 g/mol. The van der Waals surface area contributed by atoms with Crippen LogP contribution in [0.15, 0.2) is 42.5 Å². The van der Waals surface area contributed by atoms with Gasteiger partial charge in [-0.15, -0.1) is 0 Å². The molecule has 7 nitrogen and oxygen atoms in total. The van der Waals surface area contributed by atoms with Gasteiger partial charge in [0.05, 0.1) is 12.8 Å². The highest BCUT2D eigenvalue weighted by Crippen LogP contribution is 2.28. The molecule has 0 atom stereocenters. The summed E-state index contributed by atoms with van der Waals surface area (Å²) in [6.07, 6.45) is -0.600. The molecule has 0 radical (unpaired) electrons. The smallest absolute Gasteiger partial charge is 0.412 e. The van der Waals surface area contributed by atoms with E-state index in [4.69, 9.17) is 9.47 Å². The predicted molar refractivity (Wildman–Crippen MR) is 128 cm³/mol. The van der Waals surface area contributed by atoms with Crippen molar-refractivity contribution in [3.8, 4) is 5.75 Å². The van der Waals surface area contributed by atoms with Gasteiger partial charge < -0.3 is 14.8 Å². The van der Waals surface area contributed by atoms with Crippen LogP contribution in [0.5, 0.6) is 5.75 Å². The Morgan fingerprint density at radius 1 is 1.03 bits per heavy atom. The Morgan fingerprint density at radius 2 is 1.69 bits per heavy atom. The topological polar surface area (TPSA) is 79.9 Å². The van der Waals surface area contributed by atoms with Gasteiger partial charge in [0, 0.05) is 23.8 Å². The van der Waals surface area contributed by atoms with Crippen LogP contribution in [0.4, 0.5) is 16.2 Å². The third-order valence-corrected chi connectivity index (χ3v) is 4.83. The summed E-state index contributed by atoms with van der Waals surface area (Å²) in [6, 6.07) is 13.1. The number of methoxy groups -OCH3 is 1. The second-order valence-corrected chi connectivity index (χ2v) is 8.85. The lowest BCUT2D eigenvalue weighted by Gasteiger charge is -2.24. The summed E-state index contributed by atoms with van der Waals surface area (Å²) in [7, 11) is 1.51. The van der Waals surface area contributed by atoms with Crippen molar-refractivity contribution >= 4 is 23.4 Å². The lowest BCUT2D eigenvalue weighted by Crippen LogP contribution is -2.29. The summed E-state index contributed by atoms with van der Waals surface area (Å²) >= 11 is 0. The molecule has 32 heavy (non-hydrogen) atoms. The van der Waals surface area contributed by atoms with Crippen molar-refractivity contribution in [2.24, 2.45) is 0 Å². The SMILES string of the molecule is CCN(Cc1ccc(C(=O)Nc2ccc(OC)c(NC(=O)OC(C)(C)C)c2)cc1)C(C)C. The average Bonchev–Trinajstić information content (AvgIpc) is 2.71. The van der Waals surface area contributed by atoms with Crippen LogP contribution >= 0.6 is 0 Å². The Bertz CT molecular complexity index is 918. The lowest BCUT2D eigenvalue weighted by atomic mass is 10.1. The minimum absolute atomic E-state index is 0.235. The van der Waals surface area contributed by atoms with Crippen molar-refractivity contribution in [1.29, 1.82) is 0 Å². The molecule has 0 fully saturated rings. The molecule has 0 unspecified atom stereocenters. The first-order valence-corrected chi connectivity index (χ1v) is 10.8. The minimum Gasteiger partial charge on any atom is -0.495 e. The van der Waals surface area contributed by atoms with Gasteiger partial charge >= 0.3 is 6.09 Å². The molecule has 0 aliphatic rings. The number of nitrogens with zero attached hydrogens (tertiary/aromatic N) is 1. The number of hydrogen-bond donors (Lipinski definition) is 2. The molecule has 7 heteroatoms. The molecule has 0 saturated heterocycles. The first-order chi connectivity index (χ1) is 15.0. The molecule has 2 N–H and O–H groups in total. The minimum atomic E-state index is -0.626. The van der Waals surface area contributed by atoms with Crippen LogP contribution in [0, 0.1) is 0 Å². The van der Waals surface area contributed by atoms with Crippen LogP contribution in [-0.2, 0) is 11.3 Å². The molecule has 0 saturated carbocycles. The van der Waals surface area contributed by atoms with E-state index >= 15 is 0 Å². The maximum atomic E-state index is 12.7. The van der Waals surface area contributed by atoms with Crippen molar-refractivity contribution in [3.05, 3.63) is 53.6 Å². The number of hydrogen-bond acceptors (Lipinski definition) is 5. The van der Waals surface area contributed by atoms with Crippen LogP contribution in [0.2, 0.25) is 0 Å². The molecule has 2 aromatic rings. The number of ether oxygens (including phenoxy) is 2. The van der Waals surface area contributed by atoms with Gasteiger partial charge in [-0.3, -0.25) is 15.0 Å². The predicted octanol–water partition coefficient (Wildman–Crippen LogP) is 5.52. The fourth-order valence-electron chi connectivity index (χ4n) is 3.16. The number of rotatable bonds is 8. The number of amides is 2. The molecule has 2 rings (SSSR count). The van der Waals surface area contributed by atoms with Gasteiger partial charge in [-0.25, -0.2) is 4.79 Å². The Balaban J connectivity index is 2.10. The number of anilines is 2. The van der Waals surface area contributed by atoms with E-state index in [1.807, 2.05) is 24.3 Å². The molecule has 0 heterocycles. The van der Waals surface area contributed by atoms with Crippen molar-refractivity contribution in [2.75, 3.05) is 24.3 Å². The number of carbonyl (C=O) groups excluding carboxylic acids is 2. The molecule has 0 aromatic heterocycles. The van der Waals surface area contributed by atoms with Gasteiger partial charge in [-0.05, 0) is 77.1 Å². The molecule has 0 aliphatic carbocycles. The van der Waals surface area contributed by atoms with E-state index in [1.165, 1.54) is 7.11 Å². The van der Waals surface area contributed by atoms with Gasteiger partial charge in [0.25, 0.3) is 5.91 Å². The molecule has 0 aliphatic heterocycles. The fraction of sp³-hybridized carbons (Fsp3) is 0.440. The zero-order chi connectivity index (χ0) is 23.9. The third-order valence-electron chi connectivity index (χ3n) is 4.83. The standard InChI is InChI=1S/C25H35N3O4/c1-8-28(17(2)3)16-18-9-11-19(12-10-18)23(29)26-20-13-14-22(31-7)21(15-20)27-24(30)32-25(4,5)6/h9-15,17H,8,16H2,1-7H3,(H,26,29)(H,27,30). The van der Waals surface area contributed by atoms with E-state index in [-0.39, 0.29) is 5.91 Å². The Hall–Kier alpha value is -3.06. The fourth-order valence-corrected chi connectivity index (χ4v) is 3.16. The van der Waals surface area contributed by atoms with Crippen molar-refractivity contribution < 1.29 is 19.1 Å². The third kappa shape index (κ3) is 7.57. The van der Waals surface area contributed by atoms with Crippen LogP contribution in [0.3, 0.4) is 0 Å². The number of benzene rings is 2. The maximum absolute atomic E-state index is 12.7. The zero-order valence-corrected chi connectivity index (χ0v) is 20.1. The second kappa shape index (κ2) is 11.0. The van der Waals surface area contributed by atoms with Crippen molar-refractivity contribution in [1.82, 2.24) is 4.90 Å². The zero-order valence-electron chi connectivity index (χ0n) is 20.1. The van der Waals surface area contributed by atoms with E-state index in [0.29, 0.717) is 28.7 Å². The van der Waals surface area contributed by atoms with Gasteiger partial charge in [-0.1, -0.05) is 19.1 Å². The average molecular weight is 442 g/mol. The van der Waals surface area contributed by atoms with Crippen LogP contribution in [0.25, 0.3) is 0 Å². The monoisotopic (exact) mass is 441 g/mol. The Labute approximate surface area is 191 Å². The van der Waals surface area contributed by atoms with Crippen LogP contribution in [0.1, 0.15) is 57.5 Å². The lowest BCUT2D eigenvalue weighted by molar-refractivity contribution is 0.0635. The van der Waals surface area contributed by atoms with Gasteiger partial charge in [0.1, 0.15) is 11.4 Å². The highest BCUT2D eigenvalue weighted by Gasteiger charge is 2.18. The van der Waals surface area contributed by atoms with Crippen LogP contribution < -0.4 is 15.4 Å². The van der Waals surface area contributed by atoms with Gasteiger partial charge in [-0.2, -0.15) is 0 Å². The van der Waals surface area contributed by atoms with Gasteiger partial charge in [0.2, 0.25) is 0 Å². The summed E-state index contributed by atoms with van der Waals surface area (Å²) in [5.74, 6) is 0.227. The normalized spacial score (nSPS) is 11.4. The molecule has 2 aromatic carbocycles. The quantitative estimate of drug-likeness (QED) is 0.563. The summed E-state index contributed by atoms with van der Waals surface area (Å²) in [4.78, 5) is 27.2. The summed E-state index contributed by atoms with van der Waals surface area (Å²) in [5, 5.41) is 5.53. The first kappa shape index (κ1) is 25.2. The summed E-state index contributed by atoms with van der Waals surface area (Å²) in [5.41, 5.74) is 2.02. The largest absolute Gasteiger partial charge is 0.495 e. The first-order valence-electron chi connectivity index (χ1n) is 10.8. The van der Waals surface area contributed by atoms with Gasteiger partial charge in [0.15, 0.2) is 0 Å². The van der Waals surface area contributed by atoms with E-state index in [9.17, 15) is 9.59 Å². The Morgan fingerprint density at radius 3 is 2.22 bits per heavy atom. The van der Waals surface area contributed by atoms with Crippen molar-refractivity contribution in [2.45, 2.75) is 59.7 Å². The molecule has 0 spiro atoms. The Kier molecular flexibility index (Phi) is 8.66. The van der Waals surface area contributed by atoms with Crippen LogP contribution in [-0.4, -0.2) is 42.2 Å². The molecular formula is C25H35N3O4. The highest BCUT2D eigenvalue weighted by atomic mass is 16.6. The highest BCUT2D eigenvalue weighted by molar-refractivity contribution is 6.04. The molecule has 2 amide bonds. The van der Waals surface area contributed by atoms with E-state index in [1.54, 1.807) is 39.0 Å². The number of nitrogens with one attached hydrogen (secondary N) is 2.